The monoisotopic (exact) mass is 467 g/mol. The van der Waals surface area contributed by atoms with Gasteiger partial charge in [0.05, 0.1) is 15.9 Å². The first-order valence-corrected chi connectivity index (χ1v) is 4.70. The second-order valence-electron chi connectivity index (χ2n) is 2.65. The summed E-state index contributed by atoms with van der Waals surface area (Å²) < 4.78 is 0.0388. The number of hydrogen-bond donors (Lipinski definition) is 2. The molecule has 1 aromatic carbocycles. The molecule has 0 bridgehead atoms. The normalized spacial score (nSPS) is 9.00. The van der Waals surface area contributed by atoms with Crippen LogP contribution in [0.3, 0.4) is 0 Å². The number of thiocarbonyl (C=S) groups is 1. The van der Waals surface area contributed by atoms with Gasteiger partial charge < -0.3 is 5.32 Å². The predicted molar refractivity (Wildman–Crippen MR) is 70.7 cm³/mol. The Morgan fingerprint density at radius 1 is 1.29 bits per heavy atom. The molecular formula is C7H5N3O4PbS2. The molecule has 7 nitrogen and oxygen atoms in total. The fourth-order valence-corrected chi connectivity index (χ4v) is 1.24. The quantitative estimate of drug-likeness (QED) is 0.232. The van der Waals surface area contributed by atoms with Gasteiger partial charge in [0.15, 0.2) is 0 Å². The van der Waals surface area contributed by atoms with Crippen molar-refractivity contribution in [2.24, 2.45) is 0 Å². The number of non-ortho nitro benzene ring substituents is 1. The largest absolute Gasteiger partial charge is 0.336 e. The Balaban J connectivity index is 0.00000256. The summed E-state index contributed by atoms with van der Waals surface area (Å²) in [6, 6.07) is 3.20. The van der Waals surface area contributed by atoms with E-state index in [-0.39, 0.29) is 43.0 Å². The predicted octanol–water partition coefficient (Wildman–Crippen LogP) is 1.75. The standard InChI is InChI=1S/C7H5N3O4S2.Pb/c11-9(12)4-1-2-5(8-7(15)16)6(3-4)10(13)14;/h1-3H,(H2,8,15,16);. The molecule has 0 heterocycles. The minimum absolute atomic E-state index is 0. The van der Waals surface area contributed by atoms with Crippen LogP contribution in [-0.2, 0) is 0 Å². The third-order valence-electron chi connectivity index (χ3n) is 1.63. The molecular weight excluding hydrogens is 461 g/mol. The van der Waals surface area contributed by atoms with Gasteiger partial charge in [-0.25, -0.2) is 0 Å². The van der Waals surface area contributed by atoms with Gasteiger partial charge in [0.1, 0.15) is 10.0 Å². The molecule has 88 valence electrons. The number of thiol groups is 1. The molecule has 0 unspecified atom stereocenters. The number of anilines is 1. The SMILES string of the molecule is O=[N+]([O-])c1ccc(NC(=S)S)c([N+](=O)[O-])c1.[Pb]. The van der Waals surface area contributed by atoms with Gasteiger partial charge >= 0.3 is 0 Å². The molecule has 0 saturated heterocycles. The zero-order chi connectivity index (χ0) is 12.3. The van der Waals surface area contributed by atoms with Crippen molar-refractivity contribution in [1.29, 1.82) is 0 Å². The van der Waals surface area contributed by atoms with Crippen LogP contribution in [-0.4, -0.2) is 41.5 Å². The van der Waals surface area contributed by atoms with E-state index in [1.54, 1.807) is 0 Å². The molecule has 0 aromatic heterocycles. The minimum atomic E-state index is -0.735. The van der Waals surface area contributed by atoms with Crippen molar-refractivity contribution in [3.63, 3.8) is 0 Å². The second-order valence-corrected chi connectivity index (χ2v) is 3.80. The van der Waals surface area contributed by atoms with Crippen LogP contribution in [0.2, 0.25) is 0 Å². The van der Waals surface area contributed by atoms with Gasteiger partial charge in [-0.15, -0.1) is 12.6 Å². The molecule has 0 saturated carbocycles. The average Bonchev–Trinajstić information content (AvgIpc) is 2.16. The topological polar surface area (TPSA) is 98.3 Å². The molecule has 0 atom stereocenters. The Morgan fingerprint density at radius 3 is 2.29 bits per heavy atom. The molecule has 0 aliphatic rings. The summed E-state index contributed by atoms with van der Waals surface area (Å²) in [6.07, 6.45) is 0. The Hall–Kier alpha value is -0.818. The molecule has 1 rings (SSSR count). The maximum Gasteiger partial charge on any atom is 0.299 e. The summed E-state index contributed by atoms with van der Waals surface area (Å²) in [5.41, 5.74) is -0.719. The van der Waals surface area contributed by atoms with Gasteiger partial charge in [-0.1, -0.05) is 12.2 Å². The number of nitro groups is 2. The number of benzene rings is 1. The summed E-state index contributed by atoms with van der Waals surface area (Å²) in [7, 11) is 0. The van der Waals surface area contributed by atoms with Gasteiger partial charge in [0.25, 0.3) is 11.4 Å². The summed E-state index contributed by atoms with van der Waals surface area (Å²) in [5, 5.41) is 23.5. The molecule has 0 spiro atoms. The van der Waals surface area contributed by atoms with E-state index in [9.17, 15) is 20.2 Å². The zero-order valence-corrected chi connectivity index (χ0v) is 13.7. The molecule has 1 aromatic rings. The van der Waals surface area contributed by atoms with E-state index in [2.05, 4.69) is 30.2 Å². The molecule has 0 aliphatic heterocycles. The smallest absolute Gasteiger partial charge is 0.299 e. The van der Waals surface area contributed by atoms with E-state index >= 15 is 0 Å². The second kappa shape index (κ2) is 6.81. The Kier molecular flexibility index (Phi) is 6.48. The molecule has 10 heteroatoms. The van der Waals surface area contributed by atoms with Crippen LogP contribution in [0, 0.1) is 20.2 Å². The summed E-state index contributed by atoms with van der Waals surface area (Å²) in [5.74, 6) is 0. The first-order valence-electron chi connectivity index (χ1n) is 3.84. The van der Waals surface area contributed by atoms with E-state index in [0.29, 0.717) is 0 Å². The zero-order valence-electron chi connectivity index (χ0n) is 8.11. The number of rotatable bonds is 3. The molecule has 1 N–H and O–H groups in total. The van der Waals surface area contributed by atoms with E-state index in [4.69, 9.17) is 0 Å². The van der Waals surface area contributed by atoms with Crippen molar-refractivity contribution >= 4 is 73.5 Å². The molecule has 17 heavy (non-hydrogen) atoms. The van der Waals surface area contributed by atoms with Crippen LogP contribution in [0.1, 0.15) is 0 Å². The third kappa shape index (κ3) is 4.51. The number of nitro benzene ring substituents is 2. The maximum absolute atomic E-state index is 10.7. The fraction of sp³-hybridized carbons (Fsp3) is 0. The van der Waals surface area contributed by atoms with Crippen molar-refractivity contribution < 1.29 is 9.85 Å². The Morgan fingerprint density at radius 2 is 1.88 bits per heavy atom. The van der Waals surface area contributed by atoms with Crippen molar-refractivity contribution in [2.75, 3.05) is 5.32 Å². The number of nitrogens with zero attached hydrogens (tertiary/aromatic N) is 2. The average molecular weight is 466 g/mol. The molecule has 0 amide bonds. The maximum atomic E-state index is 10.7. The van der Waals surface area contributed by atoms with Crippen molar-refractivity contribution in [3.05, 3.63) is 38.4 Å². The number of nitrogens with one attached hydrogen (secondary N) is 1. The van der Waals surface area contributed by atoms with Crippen LogP contribution in [0.25, 0.3) is 0 Å². The van der Waals surface area contributed by atoms with Crippen molar-refractivity contribution in [3.8, 4) is 0 Å². The minimum Gasteiger partial charge on any atom is -0.336 e. The van der Waals surface area contributed by atoms with Gasteiger partial charge in [0.2, 0.25) is 0 Å². The van der Waals surface area contributed by atoms with Crippen molar-refractivity contribution in [2.45, 2.75) is 0 Å². The van der Waals surface area contributed by atoms with Crippen LogP contribution in [0.5, 0.6) is 0 Å². The third-order valence-corrected chi connectivity index (χ3v) is 1.84. The Bertz CT molecular complexity index is 482. The Labute approximate surface area is 126 Å². The van der Waals surface area contributed by atoms with Crippen LogP contribution in [0.15, 0.2) is 18.2 Å². The van der Waals surface area contributed by atoms with Gasteiger partial charge in [-0.2, -0.15) is 0 Å². The van der Waals surface area contributed by atoms with E-state index in [0.717, 1.165) is 12.1 Å². The van der Waals surface area contributed by atoms with E-state index in [1.807, 2.05) is 0 Å². The van der Waals surface area contributed by atoms with Gasteiger partial charge in [0, 0.05) is 33.4 Å². The molecule has 0 aliphatic carbocycles. The van der Waals surface area contributed by atoms with E-state index < -0.39 is 15.5 Å². The first-order chi connectivity index (χ1) is 7.41. The van der Waals surface area contributed by atoms with Gasteiger partial charge in [-0.05, 0) is 6.07 Å². The summed E-state index contributed by atoms with van der Waals surface area (Å²) in [6.45, 7) is 0. The first kappa shape index (κ1) is 16.2. The molecule has 0 fully saturated rings. The number of hydrogen-bond acceptors (Lipinski definition) is 5. The van der Waals surface area contributed by atoms with Crippen LogP contribution >= 0.6 is 24.8 Å². The fourth-order valence-electron chi connectivity index (χ4n) is 1.01. The van der Waals surface area contributed by atoms with Crippen LogP contribution in [0.4, 0.5) is 17.1 Å². The summed E-state index contributed by atoms with van der Waals surface area (Å²) >= 11 is 8.36. The van der Waals surface area contributed by atoms with Crippen molar-refractivity contribution in [1.82, 2.24) is 0 Å². The molecule has 4 radical (unpaired) electrons. The van der Waals surface area contributed by atoms with E-state index in [1.165, 1.54) is 6.07 Å². The van der Waals surface area contributed by atoms with Gasteiger partial charge in [-0.3, -0.25) is 20.2 Å². The summed E-state index contributed by atoms with van der Waals surface area (Å²) in [4.78, 5) is 19.6. The van der Waals surface area contributed by atoms with Crippen LogP contribution < -0.4 is 5.32 Å².